The Balaban J connectivity index is 2.04. The normalized spacial score (nSPS) is 11.3. The second-order valence-corrected chi connectivity index (χ2v) is 13.5. The Bertz CT molecular complexity index is 638. The molecule has 0 spiro atoms. The van der Waals surface area contributed by atoms with Gasteiger partial charge in [0.1, 0.15) is 0 Å². The first-order valence-electron chi connectivity index (χ1n) is 19.3. The Labute approximate surface area is 265 Å². The van der Waals surface area contributed by atoms with Crippen molar-refractivity contribution in [3.63, 3.8) is 0 Å². The van der Waals surface area contributed by atoms with Gasteiger partial charge in [0.25, 0.3) is 0 Å². The molecule has 1 rings (SSSR count). The third kappa shape index (κ3) is 22.4. The van der Waals surface area contributed by atoms with Crippen molar-refractivity contribution in [1.82, 2.24) is 0 Å². The summed E-state index contributed by atoms with van der Waals surface area (Å²) in [6, 6.07) is 4.56. The third-order valence-electron chi connectivity index (χ3n) is 9.29. The summed E-state index contributed by atoms with van der Waals surface area (Å²) in [7, 11) is 0. The first-order chi connectivity index (χ1) is 20.7. The summed E-state index contributed by atoms with van der Waals surface area (Å²) in [6.07, 6.45) is 39.8. The molecule has 0 aromatic heterocycles. The molecule has 0 radical (unpaired) electrons. The van der Waals surface area contributed by atoms with Crippen LogP contribution in [0.4, 0.5) is 11.4 Å². The van der Waals surface area contributed by atoms with E-state index in [1.807, 2.05) is 0 Å². The van der Waals surface area contributed by atoms with Gasteiger partial charge in [-0.15, -0.1) is 0 Å². The maximum atomic E-state index is 3.81. The molecule has 0 amide bonds. The third-order valence-corrected chi connectivity index (χ3v) is 9.29. The van der Waals surface area contributed by atoms with E-state index >= 15 is 0 Å². The molecule has 0 unspecified atom stereocenters. The van der Waals surface area contributed by atoms with E-state index in [4.69, 9.17) is 0 Å². The Morgan fingerprint density at radius 3 is 0.786 bits per heavy atom. The number of nitrogens with one attached hydrogen (secondary N) is 2. The maximum absolute atomic E-state index is 3.81. The smallest absolute Gasteiger partial charge is 0.0608 e. The molecule has 2 nitrogen and oxygen atoms in total. The van der Waals surface area contributed by atoms with E-state index in [-0.39, 0.29) is 0 Å². The molecule has 0 aliphatic heterocycles. The van der Waals surface area contributed by atoms with Gasteiger partial charge >= 0.3 is 0 Å². The number of aryl methyl sites for hydroxylation is 2. The Morgan fingerprint density at radius 2 is 0.548 bits per heavy atom. The molecule has 42 heavy (non-hydrogen) atoms. The van der Waals surface area contributed by atoms with Crippen LogP contribution in [0.5, 0.6) is 0 Å². The lowest BCUT2D eigenvalue weighted by Crippen LogP contribution is -2.10. The van der Waals surface area contributed by atoms with Gasteiger partial charge in [0.05, 0.1) is 11.4 Å². The monoisotopic (exact) mass is 585 g/mol. The Hall–Kier alpha value is -1.18. The minimum Gasteiger partial charge on any atom is -0.383 e. The van der Waals surface area contributed by atoms with Gasteiger partial charge in [-0.2, -0.15) is 0 Å². The van der Waals surface area contributed by atoms with Crippen molar-refractivity contribution in [3.8, 4) is 0 Å². The van der Waals surface area contributed by atoms with Crippen molar-refractivity contribution >= 4 is 11.4 Å². The molecule has 1 aromatic carbocycles. The molecular weight excluding hydrogens is 508 g/mol. The Morgan fingerprint density at radius 1 is 0.333 bits per heavy atom. The molecule has 0 bridgehead atoms. The van der Waals surface area contributed by atoms with Gasteiger partial charge in [0.15, 0.2) is 0 Å². The molecule has 0 atom stereocenters. The summed E-state index contributed by atoms with van der Waals surface area (Å²) in [5.74, 6) is 0. The van der Waals surface area contributed by atoms with Crippen LogP contribution in [-0.4, -0.2) is 13.1 Å². The number of rotatable bonds is 32. The lowest BCUT2D eigenvalue weighted by molar-refractivity contribution is 0.537. The van der Waals surface area contributed by atoms with E-state index in [1.54, 1.807) is 0 Å². The number of benzene rings is 1. The predicted octanol–water partition coefficient (Wildman–Crippen LogP) is 14.1. The lowest BCUT2D eigenvalue weighted by Gasteiger charge is -2.19. The average molecular weight is 585 g/mol. The van der Waals surface area contributed by atoms with Crippen LogP contribution >= 0.6 is 0 Å². The molecule has 246 valence electrons. The van der Waals surface area contributed by atoms with E-state index in [1.165, 1.54) is 202 Å². The maximum Gasteiger partial charge on any atom is 0.0608 e. The van der Waals surface area contributed by atoms with Crippen LogP contribution in [0, 0.1) is 13.8 Å². The zero-order valence-corrected chi connectivity index (χ0v) is 29.4. The predicted molar refractivity (Wildman–Crippen MR) is 194 cm³/mol. The average Bonchev–Trinajstić information content (AvgIpc) is 2.99. The quantitative estimate of drug-likeness (QED) is 0.0823. The topological polar surface area (TPSA) is 24.1 Å². The van der Waals surface area contributed by atoms with Crippen LogP contribution in [0.2, 0.25) is 0 Å². The number of hydrogen-bond donors (Lipinski definition) is 2. The zero-order valence-electron chi connectivity index (χ0n) is 29.4. The number of anilines is 2. The van der Waals surface area contributed by atoms with E-state index in [9.17, 15) is 0 Å². The van der Waals surface area contributed by atoms with E-state index in [0.717, 1.165) is 13.1 Å². The van der Waals surface area contributed by atoms with Gasteiger partial charge in [-0.05, 0) is 37.8 Å². The van der Waals surface area contributed by atoms with Crippen LogP contribution in [0.3, 0.4) is 0 Å². The van der Waals surface area contributed by atoms with Crippen LogP contribution < -0.4 is 10.6 Å². The molecule has 0 aliphatic rings. The highest BCUT2D eigenvalue weighted by Crippen LogP contribution is 2.30. The highest BCUT2D eigenvalue weighted by Gasteiger charge is 2.08. The van der Waals surface area contributed by atoms with E-state index in [2.05, 4.69) is 50.5 Å². The fourth-order valence-electron chi connectivity index (χ4n) is 6.33. The van der Waals surface area contributed by atoms with Crippen LogP contribution in [0.15, 0.2) is 12.1 Å². The van der Waals surface area contributed by atoms with Crippen LogP contribution in [0.1, 0.15) is 205 Å². The molecular formula is C40H76N2. The van der Waals surface area contributed by atoms with Crippen molar-refractivity contribution in [1.29, 1.82) is 0 Å². The summed E-state index contributed by atoms with van der Waals surface area (Å²) in [4.78, 5) is 0. The van der Waals surface area contributed by atoms with Gasteiger partial charge in [0.2, 0.25) is 0 Å². The van der Waals surface area contributed by atoms with Crippen molar-refractivity contribution in [2.45, 2.75) is 207 Å². The molecule has 0 saturated heterocycles. The minimum atomic E-state index is 1.09. The van der Waals surface area contributed by atoms with Gasteiger partial charge in [0, 0.05) is 13.1 Å². The van der Waals surface area contributed by atoms with Crippen molar-refractivity contribution in [2.75, 3.05) is 23.7 Å². The minimum absolute atomic E-state index is 1.09. The van der Waals surface area contributed by atoms with Crippen molar-refractivity contribution in [3.05, 3.63) is 23.3 Å². The number of unbranched alkanes of at least 4 members (excludes halogenated alkanes) is 26. The fourth-order valence-corrected chi connectivity index (χ4v) is 6.33. The van der Waals surface area contributed by atoms with Gasteiger partial charge in [-0.25, -0.2) is 0 Å². The molecule has 0 fully saturated rings. The van der Waals surface area contributed by atoms with E-state index in [0.29, 0.717) is 0 Å². The standard InChI is InChI=1S/C40H76N2/c1-5-7-9-11-13-15-17-19-21-23-25-27-29-31-35-41-39-37(3)33-34-38(4)40(39)42-36-32-30-28-26-24-22-20-18-16-14-12-10-8-6-2/h33-34,41-42H,5-32,35-36H2,1-4H3. The van der Waals surface area contributed by atoms with Crippen molar-refractivity contribution in [2.24, 2.45) is 0 Å². The van der Waals surface area contributed by atoms with E-state index < -0.39 is 0 Å². The largest absolute Gasteiger partial charge is 0.383 e. The Kier molecular flexibility index (Phi) is 27.6. The second-order valence-electron chi connectivity index (χ2n) is 13.5. The summed E-state index contributed by atoms with van der Waals surface area (Å²) < 4.78 is 0. The van der Waals surface area contributed by atoms with Gasteiger partial charge < -0.3 is 10.6 Å². The summed E-state index contributed by atoms with van der Waals surface area (Å²) >= 11 is 0. The second kappa shape index (κ2) is 29.9. The summed E-state index contributed by atoms with van der Waals surface area (Å²) in [6.45, 7) is 11.3. The van der Waals surface area contributed by atoms with Crippen LogP contribution in [-0.2, 0) is 0 Å². The van der Waals surface area contributed by atoms with Gasteiger partial charge in [-0.1, -0.05) is 193 Å². The summed E-state index contributed by atoms with van der Waals surface area (Å²) in [5, 5.41) is 7.61. The van der Waals surface area contributed by atoms with Crippen molar-refractivity contribution < 1.29 is 0 Å². The summed E-state index contributed by atoms with van der Waals surface area (Å²) in [5.41, 5.74) is 5.42. The molecule has 2 heteroatoms. The van der Waals surface area contributed by atoms with Crippen LogP contribution in [0.25, 0.3) is 0 Å². The molecule has 0 saturated carbocycles. The zero-order chi connectivity index (χ0) is 30.4. The molecule has 2 N–H and O–H groups in total. The first-order valence-corrected chi connectivity index (χ1v) is 19.3. The fraction of sp³-hybridized carbons (Fsp3) is 0.850. The lowest BCUT2D eigenvalue weighted by atomic mass is 10.0. The first kappa shape index (κ1) is 38.8. The number of hydrogen-bond acceptors (Lipinski definition) is 2. The highest BCUT2D eigenvalue weighted by molar-refractivity contribution is 5.75. The SMILES string of the molecule is CCCCCCCCCCCCCCCCNc1c(C)ccc(C)c1NCCCCCCCCCCCCCCCC. The molecule has 0 aliphatic carbocycles. The molecule has 0 heterocycles. The molecule has 1 aromatic rings. The highest BCUT2D eigenvalue weighted by atomic mass is 15.0. The van der Waals surface area contributed by atoms with Gasteiger partial charge in [-0.3, -0.25) is 0 Å².